The van der Waals surface area contributed by atoms with E-state index in [4.69, 9.17) is 35.4 Å². The van der Waals surface area contributed by atoms with E-state index >= 15 is 0 Å². The van der Waals surface area contributed by atoms with Crippen molar-refractivity contribution in [3.8, 4) is 23.0 Å². The number of hydrogen-bond donors (Lipinski definition) is 6. The number of aliphatic carboxylic acids is 1. The second kappa shape index (κ2) is 34.6. The first kappa shape index (κ1) is 70.0. The minimum absolute atomic E-state index is 0.0158. The van der Waals surface area contributed by atoms with Gasteiger partial charge in [-0.15, -0.1) is 0 Å². The molecular formula is C60H71ClN8O20. The molecule has 5 rings (SSSR count). The van der Waals surface area contributed by atoms with Crippen LogP contribution in [-0.2, 0) is 62.4 Å². The number of carboxylic acid groups (broad SMARTS) is 1. The third-order valence-corrected chi connectivity index (χ3v) is 13.8. The number of rotatable bonds is 32. The molecule has 0 aromatic heterocycles. The lowest BCUT2D eigenvalue weighted by molar-refractivity contribution is -0.196. The van der Waals surface area contributed by atoms with Crippen LogP contribution in [-0.4, -0.2) is 154 Å². The first-order chi connectivity index (χ1) is 42.4. The number of carboxylic acids is 1. The number of ether oxygens (including phenoxy) is 4. The largest absolute Gasteiger partial charge is 0.477 e. The molecule has 0 unspecified atom stereocenters. The highest BCUT2D eigenvalue weighted by Gasteiger charge is 2.53. The summed E-state index contributed by atoms with van der Waals surface area (Å²) in [7, 11) is 0. The molecule has 2 heterocycles. The quantitative estimate of drug-likeness (QED) is 0.0171. The molecule has 8 amide bonds. The summed E-state index contributed by atoms with van der Waals surface area (Å²) in [6.45, 7) is 6.13. The van der Waals surface area contributed by atoms with Crippen molar-refractivity contribution in [2.24, 2.45) is 0 Å². The van der Waals surface area contributed by atoms with Gasteiger partial charge >= 0.3 is 35.8 Å². The summed E-state index contributed by atoms with van der Waals surface area (Å²) in [5.41, 5.74) is -0.159. The van der Waals surface area contributed by atoms with Crippen LogP contribution in [0.2, 0.25) is 0 Å². The van der Waals surface area contributed by atoms with Crippen LogP contribution in [0.25, 0.3) is 0 Å². The van der Waals surface area contributed by atoms with Gasteiger partial charge in [-0.3, -0.25) is 67.2 Å². The van der Waals surface area contributed by atoms with Gasteiger partial charge in [-0.25, -0.2) is 4.79 Å². The molecule has 0 radical (unpaired) electrons. The fourth-order valence-corrected chi connectivity index (χ4v) is 9.70. The Labute approximate surface area is 516 Å². The first-order valence-corrected chi connectivity index (χ1v) is 28.9. The summed E-state index contributed by atoms with van der Waals surface area (Å²) < 4.78 is 20.6. The van der Waals surface area contributed by atoms with Crippen LogP contribution in [0.4, 0.5) is 0 Å². The number of para-hydroxylation sites is 2. The van der Waals surface area contributed by atoms with E-state index in [-0.39, 0.29) is 110 Å². The third kappa shape index (κ3) is 21.6. The Morgan fingerprint density at radius 2 is 1.10 bits per heavy atom. The third-order valence-electron chi connectivity index (χ3n) is 13.4. The lowest BCUT2D eigenvalue weighted by Crippen LogP contribution is -2.72. The zero-order chi connectivity index (χ0) is 65.3. The zero-order valence-corrected chi connectivity index (χ0v) is 50.5. The number of carbonyl (C=O) groups is 14. The maximum absolute atomic E-state index is 13.7. The van der Waals surface area contributed by atoms with Crippen LogP contribution in [0, 0.1) is 0 Å². The number of esters is 4. The molecule has 3 aromatic rings. The molecule has 2 aliphatic rings. The average Bonchev–Trinajstić information content (AvgIpc) is 0.955. The molecule has 1 fully saturated rings. The Hall–Kier alpha value is -9.73. The van der Waals surface area contributed by atoms with Crippen molar-refractivity contribution >= 4 is 94.7 Å². The molecule has 6 N–H and O–H groups in total. The molecule has 0 aliphatic carbocycles. The number of β-lactam (4-membered cyclic amide) rings is 1. The van der Waals surface area contributed by atoms with Gasteiger partial charge in [-0.2, -0.15) is 5.06 Å². The molecule has 3 atom stereocenters. The zero-order valence-electron chi connectivity index (χ0n) is 49.7. The normalized spacial score (nSPS) is 14.2. The van der Waals surface area contributed by atoms with Crippen molar-refractivity contribution in [1.82, 2.24) is 41.4 Å². The second-order valence-electron chi connectivity index (χ2n) is 20.4. The lowest BCUT2D eigenvalue weighted by Gasteiger charge is -2.49. The number of nitrogens with one attached hydrogen (secondary N) is 5. The SMILES string of the molecule is CC(=O)Oc1cccc(C(=O)NCCCCN(CCCNC(=O)c2cccc(OC(C)=O)c2OC(C)=O)C(=O)CCC(=O)NCCCCCN(OC(C)=O)C(=O)CCC(=O)N[C@@H](C(=O)N[C@@H]2C(=O)N3C(C(=O)O)=C(Cl)CC[C@H]23)c2ccccc2)c1OC(C)=O. The Morgan fingerprint density at radius 3 is 1.66 bits per heavy atom. The van der Waals surface area contributed by atoms with Gasteiger partial charge in [-0.05, 0) is 81.2 Å². The van der Waals surface area contributed by atoms with E-state index in [0.717, 1.165) is 44.6 Å². The Balaban J connectivity index is 1.09. The summed E-state index contributed by atoms with van der Waals surface area (Å²) in [5, 5.41) is 23.9. The molecule has 0 bridgehead atoms. The van der Waals surface area contributed by atoms with E-state index < -0.39 is 114 Å². The molecule has 0 saturated carbocycles. The summed E-state index contributed by atoms with van der Waals surface area (Å²) in [6, 6.07) is 13.4. The number of fused-ring (bicyclic) bond motifs is 1. The Bertz CT molecular complexity index is 3210. The number of hydroxylamine groups is 2. The van der Waals surface area contributed by atoms with E-state index in [1.807, 2.05) is 0 Å². The Morgan fingerprint density at radius 1 is 0.584 bits per heavy atom. The van der Waals surface area contributed by atoms with Crippen LogP contribution in [0.3, 0.4) is 0 Å². The molecule has 89 heavy (non-hydrogen) atoms. The number of unbranched alkanes of at least 4 members (excludes halogenated alkanes) is 3. The van der Waals surface area contributed by atoms with Crippen LogP contribution < -0.4 is 45.5 Å². The lowest BCUT2D eigenvalue weighted by atomic mass is 9.86. The highest BCUT2D eigenvalue weighted by molar-refractivity contribution is 6.32. The summed E-state index contributed by atoms with van der Waals surface area (Å²) in [6.07, 6.45) is 1.28. The summed E-state index contributed by atoms with van der Waals surface area (Å²) in [5.74, 6) is -10.9. The van der Waals surface area contributed by atoms with E-state index in [1.165, 1.54) is 41.3 Å². The minimum atomic E-state index is -1.38. The summed E-state index contributed by atoms with van der Waals surface area (Å²) in [4.78, 5) is 185. The highest BCUT2D eigenvalue weighted by Crippen LogP contribution is 2.39. The molecule has 29 heteroatoms. The Kier molecular flexibility index (Phi) is 27.2. The average molecular weight is 1260 g/mol. The number of amides is 8. The standard InChI is InChI=1S/C60H71ClN8O20/c1-35(70)85-45-21-14-19-41(54(45)87-37(3)72)56(79)63-30-11-13-32-67(33-16-31-64-57(80)42-20-15-22-46(86-36(2)71)55(42)88-38(4)73)49(77)27-25-47(75)62-29-10-7-12-34-68(89-39(5)74)50(78)28-26-48(76)65-51(40-17-8-6-9-18-40)58(81)66-52-44-24-23-43(61)53(60(83)84)69(44)59(52)82/h6,8-9,14-15,17-22,44,51-52H,7,10-13,16,23-34H2,1-5H3,(H,62,75)(H,63,79)(H,64,80)(H,65,76)(H,66,81)(H,83,84)/t44-,51-,52+/m1/s1. The van der Waals surface area contributed by atoms with Gasteiger partial charge in [0.25, 0.3) is 23.6 Å². The second-order valence-corrected chi connectivity index (χ2v) is 20.8. The molecular weight excluding hydrogens is 1190 g/mol. The predicted molar refractivity (Wildman–Crippen MR) is 312 cm³/mol. The van der Waals surface area contributed by atoms with Gasteiger partial charge in [0.15, 0.2) is 23.0 Å². The monoisotopic (exact) mass is 1260 g/mol. The number of benzene rings is 3. The smallest absolute Gasteiger partial charge is 0.353 e. The van der Waals surface area contributed by atoms with Crippen LogP contribution in [0.1, 0.15) is 144 Å². The van der Waals surface area contributed by atoms with Gasteiger partial charge in [0.1, 0.15) is 17.8 Å². The van der Waals surface area contributed by atoms with E-state index in [2.05, 4.69) is 26.6 Å². The molecule has 0 spiro atoms. The first-order valence-electron chi connectivity index (χ1n) is 28.6. The van der Waals surface area contributed by atoms with Crippen LogP contribution >= 0.6 is 11.6 Å². The van der Waals surface area contributed by atoms with Crippen molar-refractivity contribution in [2.75, 3.05) is 39.3 Å². The van der Waals surface area contributed by atoms with Crippen LogP contribution in [0.5, 0.6) is 23.0 Å². The van der Waals surface area contributed by atoms with Crippen molar-refractivity contribution in [2.45, 2.75) is 130 Å². The number of nitrogens with zero attached hydrogens (tertiary/aromatic N) is 3. The van der Waals surface area contributed by atoms with E-state index in [0.29, 0.717) is 44.1 Å². The molecule has 1 saturated heterocycles. The molecule has 28 nitrogen and oxygen atoms in total. The molecule has 2 aliphatic heterocycles. The highest BCUT2D eigenvalue weighted by atomic mass is 35.5. The topological polar surface area (TPSA) is 375 Å². The number of carbonyl (C=O) groups excluding carboxylic acids is 13. The number of allylic oxidation sites excluding steroid dienone is 1. The fourth-order valence-electron chi connectivity index (χ4n) is 9.42. The number of halogens is 1. The van der Waals surface area contributed by atoms with E-state index in [1.54, 1.807) is 30.3 Å². The van der Waals surface area contributed by atoms with Crippen molar-refractivity contribution in [3.63, 3.8) is 0 Å². The summed E-state index contributed by atoms with van der Waals surface area (Å²) >= 11 is 6.10. The number of hydrogen-bond acceptors (Lipinski definition) is 19. The fraction of sp³-hybridized carbons (Fsp3) is 0.433. The maximum Gasteiger partial charge on any atom is 0.353 e. The van der Waals surface area contributed by atoms with Crippen molar-refractivity contribution in [3.05, 3.63) is 94.1 Å². The van der Waals surface area contributed by atoms with Gasteiger partial charge in [0, 0.05) is 98.1 Å². The van der Waals surface area contributed by atoms with Gasteiger partial charge < -0.3 is 60.4 Å². The van der Waals surface area contributed by atoms with Gasteiger partial charge in [0.05, 0.1) is 23.7 Å². The maximum atomic E-state index is 13.7. The molecule has 478 valence electrons. The molecule has 3 aromatic carbocycles. The van der Waals surface area contributed by atoms with E-state index in [9.17, 15) is 72.2 Å². The predicted octanol–water partition coefficient (Wildman–Crippen LogP) is 3.58. The minimum Gasteiger partial charge on any atom is -0.477 e. The van der Waals surface area contributed by atoms with Crippen LogP contribution in [0.15, 0.2) is 77.5 Å². The van der Waals surface area contributed by atoms with Gasteiger partial charge in [0.2, 0.25) is 23.6 Å². The van der Waals surface area contributed by atoms with Crippen molar-refractivity contribution < 1.29 is 96.0 Å². The van der Waals surface area contributed by atoms with Gasteiger partial charge in [-0.1, -0.05) is 54.1 Å². The van der Waals surface area contributed by atoms with Crippen molar-refractivity contribution in [1.29, 1.82) is 0 Å².